The first-order chi connectivity index (χ1) is 8.16. The van der Waals surface area contributed by atoms with E-state index in [-0.39, 0.29) is 22.3 Å². The molecule has 3 rings (SSSR count). The molecule has 0 radical (unpaired) electrons. The predicted molar refractivity (Wildman–Crippen MR) is 63.2 cm³/mol. The summed E-state index contributed by atoms with van der Waals surface area (Å²) >= 11 is 11.7. The van der Waals surface area contributed by atoms with Crippen molar-refractivity contribution in [1.29, 1.82) is 0 Å². The summed E-state index contributed by atoms with van der Waals surface area (Å²) in [6.07, 6.45) is 3.89. The molecule has 2 aromatic rings. The number of ketones is 1. The highest BCUT2D eigenvalue weighted by molar-refractivity contribution is 6.35. The summed E-state index contributed by atoms with van der Waals surface area (Å²) < 4.78 is 1.74. The summed E-state index contributed by atoms with van der Waals surface area (Å²) in [6.45, 7) is 0. The van der Waals surface area contributed by atoms with E-state index in [1.165, 1.54) is 0 Å². The summed E-state index contributed by atoms with van der Waals surface area (Å²) in [5, 5.41) is 0.277. The van der Waals surface area contributed by atoms with Gasteiger partial charge in [-0.25, -0.2) is 9.97 Å². The number of Topliss-reactive ketones (excluding diaryl/α,β-unsaturated/α-hetero) is 1. The second-order valence-electron chi connectivity index (χ2n) is 3.98. The average molecular weight is 271 g/mol. The minimum Gasteiger partial charge on any atom is -0.304 e. The van der Waals surface area contributed by atoms with Crippen LogP contribution in [-0.2, 0) is 4.79 Å². The smallest absolute Gasteiger partial charge is 0.225 e. The van der Waals surface area contributed by atoms with E-state index in [2.05, 4.69) is 15.0 Å². The molecular weight excluding hydrogens is 263 g/mol. The second-order valence-corrected chi connectivity index (χ2v) is 4.68. The number of rotatable bonds is 1. The van der Waals surface area contributed by atoms with Crippen molar-refractivity contribution in [3.63, 3.8) is 0 Å². The minimum absolute atomic E-state index is 0.0645. The maximum absolute atomic E-state index is 11.7. The molecule has 1 fully saturated rings. The van der Waals surface area contributed by atoms with Crippen LogP contribution in [0.15, 0.2) is 6.33 Å². The van der Waals surface area contributed by atoms with Gasteiger partial charge in [-0.1, -0.05) is 11.6 Å². The molecule has 0 aromatic carbocycles. The van der Waals surface area contributed by atoms with Crippen molar-refractivity contribution >= 4 is 40.1 Å². The summed E-state index contributed by atoms with van der Waals surface area (Å²) in [5.41, 5.74) is 1.01. The topological polar surface area (TPSA) is 60.7 Å². The number of nitrogens with zero attached hydrogens (tertiary/aromatic N) is 4. The van der Waals surface area contributed by atoms with Crippen LogP contribution in [0.5, 0.6) is 0 Å². The van der Waals surface area contributed by atoms with Crippen LogP contribution in [0.1, 0.15) is 25.3 Å². The first-order valence-corrected chi connectivity index (χ1v) is 6.00. The Bertz CT molecular complexity index is 610. The summed E-state index contributed by atoms with van der Waals surface area (Å²) in [5.74, 6) is 0.204. The highest BCUT2D eigenvalue weighted by Crippen LogP contribution is 2.30. The lowest BCUT2D eigenvalue weighted by Crippen LogP contribution is -2.12. The molecule has 2 heterocycles. The Morgan fingerprint density at radius 1 is 1.35 bits per heavy atom. The number of aromatic nitrogens is 4. The highest BCUT2D eigenvalue weighted by atomic mass is 35.5. The summed E-state index contributed by atoms with van der Waals surface area (Å²) in [6, 6.07) is -0.193. The monoisotopic (exact) mass is 270 g/mol. The van der Waals surface area contributed by atoms with E-state index in [9.17, 15) is 4.79 Å². The standard InChI is InChI=1S/C10H8Cl2N4O/c11-8-7-9(15-10(12)14-8)16(4-13-7)5-2-1-3-6(5)17/h4-5H,1-3H2. The molecular formula is C10H8Cl2N4O. The van der Waals surface area contributed by atoms with Crippen LogP contribution in [0.3, 0.4) is 0 Å². The first-order valence-electron chi connectivity index (χ1n) is 5.25. The molecule has 0 saturated heterocycles. The van der Waals surface area contributed by atoms with E-state index in [1.54, 1.807) is 10.9 Å². The van der Waals surface area contributed by atoms with Crippen molar-refractivity contribution in [3.8, 4) is 0 Å². The maximum Gasteiger partial charge on any atom is 0.225 e. The van der Waals surface area contributed by atoms with Gasteiger partial charge in [-0.3, -0.25) is 4.79 Å². The molecule has 0 spiro atoms. The van der Waals surface area contributed by atoms with E-state index in [0.717, 1.165) is 12.8 Å². The first kappa shape index (κ1) is 10.9. The molecule has 88 valence electrons. The lowest BCUT2D eigenvalue weighted by Gasteiger charge is -2.09. The van der Waals surface area contributed by atoms with E-state index in [1.807, 2.05) is 0 Å². The quantitative estimate of drug-likeness (QED) is 0.590. The minimum atomic E-state index is -0.193. The van der Waals surface area contributed by atoms with E-state index < -0.39 is 0 Å². The van der Waals surface area contributed by atoms with E-state index in [4.69, 9.17) is 23.2 Å². The van der Waals surface area contributed by atoms with Gasteiger partial charge in [0, 0.05) is 6.42 Å². The van der Waals surface area contributed by atoms with Crippen LogP contribution in [0.4, 0.5) is 0 Å². The Hall–Kier alpha value is -1.20. The van der Waals surface area contributed by atoms with Crippen molar-refractivity contribution in [2.75, 3.05) is 0 Å². The average Bonchev–Trinajstić information content (AvgIpc) is 2.84. The Kier molecular flexibility index (Phi) is 2.52. The molecule has 1 aliphatic carbocycles. The third-order valence-corrected chi connectivity index (χ3v) is 3.39. The van der Waals surface area contributed by atoms with Crippen LogP contribution in [0, 0.1) is 0 Å². The zero-order valence-corrected chi connectivity index (χ0v) is 10.2. The van der Waals surface area contributed by atoms with Crippen LogP contribution in [-0.4, -0.2) is 25.3 Å². The van der Waals surface area contributed by atoms with Crippen molar-refractivity contribution in [2.24, 2.45) is 0 Å². The predicted octanol–water partition coefficient (Wildman–Crippen LogP) is 2.43. The van der Waals surface area contributed by atoms with E-state index >= 15 is 0 Å². The number of hydrogen-bond acceptors (Lipinski definition) is 4. The van der Waals surface area contributed by atoms with Crippen LogP contribution in [0.2, 0.25) is 10.4 Å². The lowest BCUT2D eigenvalue weighted by molar-refractivity contribution is -0.120. The molecule has 0 bridgehead atoms. The van der Waals surface area contributed by atoms with Crippen molar-refractivity contribution in [3.05, 3.63) is 16.8 Å². The number of imidazole rings is 1. The Morgan fingerprint density at radius 2 is 2.18 bits per heavy atom. The molecule has 1 unspecified atom stereocenters. The zero-order chi connectivity index (χ0) is 12.0. The van der Waals surface area contributed by atoms with Crippen molar-refractivity contribution in [2.45, 2.75) is 25.3 Å². The molecule has 1 atom stereocenters. The van der Waals surface area contributed by atoms with Gasteiger partial charge in [-0.15, -0.1) is 0 Å². The number of carbonyl (C=O) groups excluding carboxylic acids is 1. The van der Waals surface area contributed by atoms with Gasteiger partial charge in [-0.2, -0.15) is 4.98 Å². The SMILES string of the molecule is O=C1CCCC1n1cnc2c(Cl)nc(Cl)nc21. The largest absolute Gasteiger partial charge is 0.304 e. The summed E-state index contributed by atoms with van der Waals surface area (Å²) in [7, 11) is 0. The highest BCUT2D eigenvalue weighted by Gasteiger charge is 2.28. The van der Waals surface area contributed by atoms with Crippen molar-refractivity contribution in [1.82, 2.24) is 19.5 Å². The fourth-order valence-corrected chi connectivity index (χ4v) is 2.60. The molecule has 5 nitrogen and oxygen atoms in total. The van der Waals surface area contributed by atoms with Gasteiger partial charge in [0.05, 0.1) is 12.4 Å². The second kappa shape index (κ2) is 3.92. The van der Waals surface area contributed by atoms with Crippen LogP contribution < -0.4 is 0 Å². The molecule has 0 aliphatic heterocycles. The molecule has 0 N–H and O–H groups in total. The van der Waals surface area contributed by atoms with Gasteiger partial charge in [0.1, 0.15) is 5.52 Å². The van der Waals surface area contributed by atoms with E-state index in [0.29, 0.717) is 17.6 Å². The Balaban J connectivity index is 2.20. The number of halogens is 2. The Morgan fingerprint density at radius 3 is 2.88 bits per heavy atom. The molecule has 7 heteroatoms. The Labute approximate surface area is 107 Å². The van der Waals surface area contributed by atoms with Crippen LogP contribution in [0.25, 0.3) is 11.2 Å². The molecule has 1 aliphatic rings. The van der Waals surface area contributed by atoms with Gasteiger partial charge in [0.2, 0.25) is 5.28 Å². The molecule has 2 aromatic heterocycles. The lowest BCUT2D eigenvalue weighted by atomic mass is 10.2. The number of fused-ring (bicyclic) bond motifs is 1. The number of carbonyl (C=O) groups is 1. The fourth-order valence-electron chi connectivity index (χ4n) is 2.18. The number of hydrogen-bond donors (Lipinski definition) is 0. The van der Waals surface area contributed by atoms with Gasteiger partial charge >= 0.3 is 0 Å². The van der Waals surface area contributed by atoms with Gasteiger partial charge in [0.15, 0.2) is 16.6 Å². The molecule has 0 amide bonds. The molecule has 1 saturated carbocycles. The fraction of sp³-hybridized carbons (Fsp3) is 0.400. The zero-order valence-electron chi connectivity index (χ0n) is 8.73. The van der Waals surface area contributed by atoms with Crippen LogP contribution >= 0.6 is 23.2 Å². The normalized spacial score (nSPS) is 20.4. The summed E-state index contributed by atoms with van der Waals surface area (Å²) in [4.78, 5) is 23.8. The third-order valence-electron chi connectivity index (χ3n) is 2.96. The van der Waals surface area contributed by atoms with Gasteiger partial charge < -0.3 is 4.57 Å². The van der Waals surface area contributed by atoms with Crippen molar-refractivity contribution < 1.29 is 4.79 Å². The molecule has 17 heavy (non-hydrogen) atoms. The third kappa shape index (κ3) is 1.70. The maximum atomic E-state index is 11.7. The van der Waals surface area contributed by atoms with Gasteiger partial charge in [0.25, 0.3) is 0 Å². The van der Waals surface area contributed by atoms with Gasteiger partial charge in [-0.05, 0) is 24.4 Å².